The molecule has 5 nitrogen and oxygen atoms in total. The van der Waals surface area contributed by atoms with Gasteiger partial charge in [0.25, 0.3) is 0 Å². The summed E-state index contributed by atoms with van der Waals surface area (Å²) >= 11 is 3.29. The topological polar surface area (TPSA) is 66.5 Å². The van der Waals surface area contributed by atoms with Crippen LogP contribution in [0.15, 0.2) is 51.8 Å². The van der Waals surface area contributed by atoms with Crippen LogP contribution in [-0.2, 0) is 14.8 Å². The van der Waals surface area contributed by atoms with Gasteiger partial charge in [-0.3, -0.25) is 4.79 Å². The molecule has 1 saturated heterocycles. The van der Waals surface area contributed by atoms with Crippen molar-refractivity contribution >= 4 is 37.5 Å². The van der Waals surface area contributed by atoms with Crippen LogP contribution in [0.5, 0.6) is 0 Å². The van der Waals surface area contributed by atoms with Crippen LogP contribution in [0.2, 0.25) is 0 Å². The maximum atomic E-state index is 13.7. The van der Waals surface area contributed by atoms with E-state index < -0.39 is 27.8 Å². The Labute approximate surface area is 166 Å². The third-order valence-corrected chi connectivity index (χ3v) is 7.07. The number of nitrogens with one attached hydrogen (secondary N) is 1. The Bertz CT molecular complexity index is 948. The molecular formula is C19H20BrFN2O3S. The van der Waals surface area contributed by atoms with Crippen molar-refractivity contribution in [2.45, 2.75) is 37.1 Å². The van der Waals surface area contributed by atoms with E-state index in [4.69, 9.17) is 0 Å². The molecule has 3 rings (SSSR count). The molecule has 0 radical (unpaired) electrons. The average molecular weight is 455 g/mol. The maximum Gasteiger partial charge on any atom is 0.243 e. The fourth-order valence-electron chi connectivity index (χ4n) is 3.09. The number of nitrogens with zero attached hydrogens (tertiary/aromatic N) is 1. The summed E-state index contributed by atoms with van der Waals surface area (Å²) in [5.74, 6) is -0.866. The summed E-state index contributed by atoms with van der Waals surface area (Å²) in [7, 11) is -3.80. The Morgan fingerprint density at radius 3 is 2.56 bits per heavy atom. The van der Waals surface area contributed by atoms with Crippen molar-refractivity contribution in [2.75, 3.05) is 11.9 Å². The van der Waals surface area contributed by atoms with Crippen LogP contribution >= 0.6 is 15.9 Å². The number of aryl methyl sites for hydroxylation is 1. The molecular weight excluding hydrogens is 435 g/mol. The number of carbonyl (C=O) groups is 1. The Kier molecular flexibility index (Phi) is 5.98. The number of hydrogen-bond donors (Lipinski definition) is 1. The fraction of sp³-hybridized carbons (Fsp3) is 0.316. The lowest BCUT2D eigenvalue weighted by Crippen LogP contribution is -2.49. The molecule has 0 aliphatic carbocycles. The quantitative estimate of drug-likeness (QED) is 0.756. The lowest BCUT2D eigenvalue weighted by Gasteiger charge is -2.33. The second-order valence-electron chi connectivity index (χ2n) is 6.53. The van der Waals surface area contributed by atoms with Gasteiger partial charge in [-0.1, -0.05) is 28.4 Å². The molecule has 1 unspecified atom stereocenters. The first-order valence-electron chi connectivity index (χ1n) is 8.63. The van der Waals surface area contributed by atoms with Gasteiger partial charge in [0.15, 0.2) is 0 Å². The fourth-order valence-corrected chi connectivity index (χ4v) is 5.01. The summed E-state index contributed by atoms with van der Waals surface area (Å²) in [6.45, 7) is 1.91. The minimum absolute atomic E-state index is 0.145. The van der Waals surface area contributed by atoms with E-state index in [1.165, 1.54) is 22.5 Å². The van der Waals surface area contributed by atoms with Crippen LogP contribution in [0.1, 0.15) is 24.8 Å². The zero-order valence-electron chi connectivity index (χ0n) is 14.8. The molecule has 0 bridgehead atoms. The summed E-state index contributed by atoms with van der Waals surface area (Å²) in [5.41, 5.74) is 0.791. The van der Waals surface area contributed by atoms with Gasteiger partial charge >= 0.3 is 0 Å². The van der Waals surface area contributed by atoms with E-state index in [-0.39, 0.29) is 11.4 Å². The number of sulfonamides is 1. The average Bonchev–Trinajstić information content (AvgIpc) is 2.65. The molecule has 1 aliphatic heterocycles. The molecule has 0 aromatic heterocycles. The lowest BCUT2D eigenvalue weighted by atomic mass is 10.0. The van der Waals surface area contributed by atoms with Crippen molar-refractivity contribution in [1.29, 1.82) is 0 Å². The highest BCUT2D eigenvalue weighted by molar-refractivity contribution is 9.10. The molecule has 1 N–H and O–H groups in total. The normalized spacial score (nSPS) is 18.3. The van der Waals surface area contributed by atoms with Crippen molar-refractivity contribution in [3.8, 4) is 0 Å². The highest BCUT2D eigenvalue weighted by atomic mass is 79.9. The zero-order chi connectivity index (χ0) is 19.6. The number of halogens is 2. The van der Waals surface area contributed by atoms with Crippen molar-refractivity contribution < 1.29 is 17.6 Å². The molecule has 2 aromatic carbocycles. The predicted molar refractivity (Wildman–Crippen MR) is 105 cm³/mol. The van der Waals surface area contributed by atoms with Gasteiger partial charge in [0.1, 0.15) is 11.9 Å². The minimum Gasteiger partial charge on any atom is -0.325 e. The third-order valence-electron chi connectivity index (χ3n) is 4.62. The molecule has 1 fully saturated rings. The van der Waals surface area contributed by atoms with E-state index in [0.717, 1.165) is 10.9 Å². The van der Waals surface area contributed by atoms with Crippen LogP contribution in [0.4, 0.5) is 10.1 Å². The van der Waals surface area contributed by atoms with Crippen molar-refractivity contribution in [3.05, 3.63) is 58.3 Å². The van der Waals surface area contributed by atoms with Gasteiger partial charge in [-0.2, -0.15) is 4.31 Å². The predicted octanol–water partition coefficient (Wildman–Crippen LogP) is 4.08. The smallest absolute Gasteiger partial charge is 0.243 e. The minimum atomic E-state index is -3.80. The number of benzene rings is 2. The SMILES string of the molecule is Cc1ccc(NC(=O)C2CCCCN2S(=O)(=O)c2ccc(Br)cc2)cc1F. The molecule has 0 spiro atoms. The van der Waals surface area contributed by atoms with Crippen LogP contribution in [0, 0.1) is 12.7 Å². The molecule has 1 amide bonds. The van der Waals surface area contributed by atoms with E-state index in [1.54, 1.807) is 31.2 Å². The Morgan fingerprint density at radius 1 is 1.19 bits per heavy atom. The molecule has 27 heavy (non-hydrogen) atoms. The summed E-state index contributed by atoms with van der Waals surface area (Å²) < 4.78 is 41.8. The standard InChI is InChI=1S/C19H20BrFN2O3S/c1-13-5-8-15(12-17(13)21)22-19(24)18-4-2-3-11-23(18)27(25,26)16-9-6-14(20)7-10-16/h5-10,12,18H,2-4,11H2,1H3,(H,22,24). The largest absolute Gasteiger partial charge is 0.325 e. The summed E-state index contributed by atoms with van der Waals surface area (Å²) in [6.07, 6.45) is 1.88. The van der Waals surface area contributed by atoms with Crippen LogP contribution in [0.3, 0.4) is 0 Å². The highest BCUT2D eigenvalue weighted by Gasteiger charge is 2.37. The number of anilines is 1. The first-order chi connectivity index (χ1) is 12.8. The number of piperidine rings is 1. The van der Waals surface area contributed by atoms with Gasteiger partial charge in [0, 0.05) is 16.7 Å². The summed E-state index contributed by atoms with van der Waals surface area (Å²) in [4.78, 5) is 12.9. The number of rotatable bonds is 4. The van der Waals surface area contributed by atoms with E-state index in [2.05, 4.69) is 21.2 Å². The lowest BCUT2D eigenvalue weighted by molar-refractivity contribution is -0.120. The van der Waals surface area contributed by atoms with Gasteiger partial charge in [-0.05, 0) is 61.7 Å². The van der Waals surface area contributed by atoms with Gasteiger partial charge in [0.2, 0.25) is 15.9 Å². The summed E-state index contributed by atoms with van der Waals surface area (Å²) in [5, 5.41) is 2.65. The molecule has 8 heteroatoms. The van der Waals surface area contributed by atoms with Gasteiger partial charge in [-0.25, -0.2) is 12.8 Å². The second-order valence-corrected chi connectivity index (χ2v) is 9.34. The molecule has 1 atom stereocenters. The van der Waals surface area contributed by atoms with Crippen molar-refractivity contribution in [2.24, 2.45) is 0 Å². The third kappa shape index (κ3) is 4.39. The van der Waals surface area contributed by atoms with E-state index in [9.17, 15) is 17.6 Å². The van der Waals surface area contributed by atoms with Crippen LogP contribution < -0.4 is 5.32 Å². The Morgan fingerprint density at radius 2 is 1.89 bits per heavy atom. The van der Waals surface area contributed by atoms with Crippen LogP contribution in [-0.4, -0.2) is 31.2 Å². The van der Waals surface area contributed by atoms with Crippen molar-refractivity contribution in [1.82, 2.24) is 4.31 Å². The maximum absolute atomic E-state index is 13.7. The van der Waals surface area contributed by atoms with Gasteiger partial charge in [0.05, 0.1) is 4.90 Å². The van der Waals surface area contributed by atoms with E-state index >= 15 is 0 Å². The zero-order valence-corrected chi connectivity index (χ0v) is 17.2. The van der Waals surface area contributed by atoms with Crippen LogP contribution in [0.25, 0.3) is 0 Å². The number of amides is 1. The first kappa shape index (κ1) is 20.0. The molecule has 0 saturated carbocycles. The number of hydrogen-bond acceptors (Lipinski definition) is 3. The Hall–Kier alpha value is -1.77. The summed E-state index contributed by atoms with van der Waals surface area (Å²) in [6, 6.07) is 9.92. The molecule has 1 heterocycles. The Balaban J connectivity index is 1.85. The first-order valence-corrected chi connectivity index (χ1v) is 10.9. The van der Waals surface area contributed by atoms with Gasteiger partial charge < -0.3 is 5.32 Å². The monoisotopic (exact) mass is 454 g/mol. The molecule has 1 aliphatic rings. The molecule has 144 valence electrons. The molecule has 2 aromatic rings. The highest BCUT2D eigenvalue weighted by Crippen LogP contribution is 2.27. The second kappa shape index (κ2) is 8.08. The van der Waals surface area contributed by atoms with Crippen molar-refractivity contribution in [3.63, 3.8) is 0 Å². The van der Waals surface area contributed by atoms with Gasteiger partial charge in [-0.15, -0.1) is 0 Å². The van der Waals surface area contributed by atoms with E-state index in [1.807, 2.05) is 0 Å². The van der Waals surface area contributed by atoms with E-state index in [0.29, 0.717) is 24.1 Å². The number of carbonyl (C=O) groups excluding carboxylic acids is 1.